The number of anilines is 1. The Labute approximate surface area is 159 Å². The zero-order valence-electron chi connectivity index (χ0n) is 14.1. The lowest BCUT2D eigenvalue weighted by atomic mass is 10.1. The van der Waals surface area contributed by atoms with Crippen molar-refractivity contribution in [3.63, 3.8) is 0 Å². The van der Waals surface area contributed by atoms with E-state index in [0.717, 1.165) is 10.4 Å². The van der Waals surface area contributed by atoms with E-state index in [1.54, 1.807) is 11.0 Å². The first-order chi connectivity index (χ1) is 13.3. The molecule has 0 saturated heterocycles. The van der Waals surface area contributed by atoms with Gasteiger partial charge in [0, 0.05) is 23.7 Å². The number of benzene rings is 1. The molecule has 0 aliphatic carbocycles. The number of hydrogen-bond donors (Lipinski definition) is 1. The second-order valence-corrected chi connectivity index (χ2v) is 7.23. The van der Waals surface area contributed by atoms with Gasteiger partial charge in [-0.1, -0.05) is 5.16 Å². The summed E-state index contributed by atoms with van der Waals surface area (Å²) in [6.45, 7) is 0.739. The highest BCUT2D eigenvalue weighted by molar-refractivity contribution is 7.15. The summed E-state index contributed by atoms with van der Waals surface area (Å²) in [5.41, 5.74) is 1.29. The van der Waals surface area contributed by atoms with Gasteiger partial charge in [-0.2, -0.15) is 18.2 Å². The Bertz CT molecular complexity index is 1010. The molecule has 0 spiro atoms. The normalized spacial score (nSPS) is 14.1. The lowest BCUT2D eigenvalue weighted by Crippen LogP contribution is -2.38. The number of rotatable bonds is 2. The lowest BCUT2D eigenvalue weighted by molar-refractivity contribution is -0.159. The van der Waals surface area contributed by atoms with Crippen molar-refractivity contribution in [2.75, 3.05) is 11.9 Å². The van der Waals surface area contributed by atoms with Crippen molar-refractivity contribution < 1.29 is 26.9 Å². The fraction of sp³-hybridized carbons (Fsp3) is 0.235. The smallest absolute Gasteiger partial charge is 0.329 e. The summed E-state index contributed by atoms with van der Waals surface area (Å²) in [5.74, 6) is -1.93. The fourth-order valence-electron chi connectivity index (χ4n) is 2.79. The third-order valence-electron chi connectivity index (χ3n) is 4.14. The first-order valence-corrected chi connectivity index (χ1v) is 8.95. The van der Waals surface area contributed by atoms with Crippen LogP contribution in [0.2, 0.25) is 0 Å². The van der Waals surface area contributed by atoms with Crippen molar-refractivity contribution in [2.24, 2.45) is 0 Å². The van der Waals surface area contributed by atoms with E-state index in [-0.39, 0.29) is 11.9 Å². The molecule has 146 valence electrons. The van der Waals surface area contributed by atoms with Gasteiger partial charge in [-0.3, -0.25) is 0 Å². The molecule has 1 aliphatic heterocycles. The van der Waals surface area contributed by atoms with Crippen LogP contribution in [-0.2, 0) is 19.1 Å². The van der Waals surface area contributed by atoms with Gasteiger partial charge in [0.1, 0.15) is 5.82 Å². The number of urea groups is 1. The van der Waals surface area contributed by atoms with Gasteiger partial charge < -0.3 is 14.7 Å². The molecular weight excluding hydrogens is 400 g/mol. The third kappa shape index (κ3) is 3.70. The highest BCUT2D eigenvalue weighted by Crippen LogP contribution is 2.35. The van der Waals surface area contributed by atoms with E-state index in [0.29, 0.717) is 30.1 Å². The Morgan fingerprint density at radius 1 is 1.25 bits per heavy atom. The van der Waals surface area contributed by atoms with Crippen LogP contribution in [0, 0.1) is 5.82 Å². The molecule has 2 amide bonds. The zero-order chi connectivity index (χ0) is 19.9. The van der Waals surface area contributed by atoms with Gasteiger partial charge in [-0.25, -0.2) is 9.18 Å². The van der Waals surface area contributed by atoms with Crippen LogP contribution in [0.5, 0.6) is 0 Å². The number of thiophene rings is 1. The van der Waals surface area contributed by atoms with Crippen molar-refractivity contribution in [3.8, 4) is 10.7 Å². The summed E-state index contributed by atoms with van der Waals surface area (Å²) >= 11 is 1.28. The van der Waals surface area contributed by atoms with Crippen LogP contribution in [0.1, 0.15) is 16.3 Å². The second kappa shape index (κ2) is 6.89. The van der Waals surface area contributed by atoms with Crippen LogP contribution in [0.3, 0.4) is 0 Å². The summed E-state index contributed by atoms with van der Waals surface area (Å²) < 4.78 is 55.1. The summed E-state index contributed by atoms with van der Waals surface area (Å²) in [5, 5.41) is 6.08. The van der Waals surface area contributed by atoms with Crippen LogP contribution >= 0.6 is 11.3 Å². The zero-order valence-corrected chi connectivity index (χ0v) is 14.9. The summed E-state index contributed by atoms with van der Waals surface area (Å²) in [7, 11) is 0. The number of alkyl halides is 3. The highest BCUT2D eigenvalue weighted by Gasteiger charge is 2.38. The van der Waals surface area contributed by atoms with E-state index in [9.17, 15) is 22.4 Å². The number of amides is 2. The van der Waals surface area contributed by atoms with Crippen LogP contribution in [-0.4, -0.2) is 27.6 Å². The monoisotopic (exact) mass is 412 g/mol. The number of nitrogens with one attached hydrogen (secondary N) is 1. The quantitative estimate of drug-likeness (QED) is 0.627. The van der Waals surface area contributed by atoms with E-state index in [1.807, 2.05) is 0 Å². The topological polar surface area (TPSA) is 71.3 Å². The van der Waals surface area contributed by atoms with Crippen molar-refractivity contribution >= 4 is 23.1 Å². The first kappa shape index (κ1) is 18.4. The maximum absolute atomic E-state index is 13.0. The minimum absolute atomic E-state index is 0.131. The van der Waals surface area contributed by atoms with Crippen molar-refractivity contribution in [1.82, 2.24) is 15.0 Å². The predicted octanol–water partition coefficient (Wildman–Crippen LogP) is 4.55. The molecular formula is C17H12F4N4O2S. The molecule has 1 N–H and O–H groups in total. The van der Waals surface area contributed by atoms with Crippen LogP contribution < -0.4 is 5.32 Å². The van der Waals surface area contributed by atoms with Gasteiger partial charge in [0.15, 0.2) is 0 Å². The first-order valence-electron chi connectivity index (χ1n) is 8.14. The van der Waals surface area contributed by atoms with Crippen LogP contribution in [0.15, 0.2) is 34.9 Å². The molecule has 28 heavy (non-hydrogen) atoms. The number of aromatic nitrogens is 2. The molecule has 0 saturated carbocycles. The van der Waals surface area contributed by atoms with E-state index in [2.05, 4.69) is 20.0 Å². The van der Waals surface area contributed by atoms with Crippen LogP contribution in [0.4, 0.5) is 28.0 Å². The Morgan fingerprint density at radius 3 is 2.68 bits per heavy atom. The molecule has 6 nitrogen and oxygen atoms in total. The SMILES string of the molecule is O=C(Nc1ccc(F)cc1)N1CCc2sc(-c3noc(C(F)(F)F)n3)cc2C1. The number of nitrogens with zero attached hydrogens (tertiary/aromatic N) is 3. The predicted molar refractivity (Wildman–Crippen MR) is 92.1 cm³/mol. The molecule has 2 aromatic heterocycles. The van der Waals surface area contributed by atoms with Gasteiger partial charge in [0.05, 0.1) is 4.88 Å². The minimum atomic E-state index is -4.70. The molecule has 0 fully saturated rings. The van der Waals surface area contributed by atoms with E-state index in [4.69, 9.17) is 0 Å². The Morgan fingerprint density at radius 2 is 2.00 bits per heavy atom. The molecule has 0 atom stereocenters. The molecule has 3 aromatic rings. The molecule has 4 rings (SSSR count). The number of halogens is 4. The summed E-state index contributed by atoms with van der Waals surface area (Å²) in [6, 6.07) is 6.73. The van der Waals surface area contributed by atoms with E-state index in [1.165, 1.54) is 35.6 Å². The number of fused-ring (bicyclic) bond motifs is 1. The van der Waals surface area contributed by atoms with E-state index < -0.39 is 17.9 Å². The number of hydrogen-bond acceptors (Lipinski definition) is 5. The molecule has 0 unspecified atom stereocenters. The molecule has 11 heteroatoms. The van der Waals surface area contributed by atoms with Crippen molar-refractivity contribution in [3.05, 3.63) is 52.5 Å². The Hall–Kier alpha value is -2.95. The summed E-state index contributed by atoms with van der Waals surface area (Å²) in [4.78, 5) is 18.8. The maximum atomic E-state index is 13.0. The largest absolute Gasteiger partial charge is 0.471 e. The van der Waals surface area contributed by atoms with Gasteiger partial charge in [-0.15, -0.1) is 11.3 Å². The molecule has 0 radical (unpaired) electrons. The number of carbonyl (C=O) groups excluding carboxylic acids is 1. The maximum Gasteiger partial charge on any atom is 0.471 e. The summed E-state index contributed by atoms with van der Waals surface area (Å²) in [6.07, 6.45) is -4.14. The molecule has 3 heterocycles. The highest BCUT2D eigenvalue weighted by atomic mass is 32.1. The second-order valence-electron chi connectivity index (χ2n) is 6.09. The lowest BCUT2D eigenvalue weighted by Gasteiger charge is -2.27. The average Bonchev–Trinajstić information content (AvgIpc) is 3.29. The third-order valence-corrected chi connectivity index (χ3v) is 5.37. The van der Waals surface area contributed by atoms with Gasteiger partial charge in [-0.05, 0) is 42.3 Å². The molecule has 0 bridgehead atoms. The van der Waals surface area contributed by atoms with Crippen molar-refractivity contribution in [2.45, 2.75) is 19.1 Å². The average molecular weight is 412 g/mol. The minimum Gasteiger partial charge on any atom is -0.329 e. The van der Waals surface area contributed by atoms with Crippen LogP contribution in [0.25, 0.3) is 10.7 Å². The molecule has 1 aliphatic rings. The molecule has 1 aromatic carbocycles. The fourth-order valence-corrected chi connectivity index (χ4v) is 3.88. The Balaban J connectivity index is 1.48. The number of carbonyl (C=O) groups is 1. The standard InChI is InChI=1S/C17H12F4N4O2S/c18-10-1-3-11(4-2-10)22-16(26)25-6-5-12-9(8-25)7-13(28-12)14-23-15(27-24-14)17(19,20)21/h1-4,7H,5-6,8H2,(H,22,26). The van der Waals surface area contributed by atoms with Gasteiger partial charge in [0.2, 0.25) is 5.82 Å². The van der Waals surface area contributed by atoms with E-state index >= 15 is 0 Å². The van der Waals surface area contributed by atoms with Gasteiger partial charge in [0.25, 0.3) is 0 Å². The Kier molecular flexibility index (Phi) is 4.53. The van der Waals surface area contributed by atoms with Crippen molar-refractivity contribution in [1.29, 1.82) is 0 Å². The van der Waals surface area contributed by atoms with Gasteiger partial charge >= 0.3 is 18.1 Å².